The van der Waals surface area contributed by atoms with Gasteiger partial charge in [-0.25, -0.2) is 4.39 Å². The highest BCUT2D eigenvalue weighted by atomic mass is 35.5. The van der Waals surface area contributed by atoms with Gasteiger partial charge in [-0.3, -0.25) is 9.89 Å². The Hall–Kier alpha value is -1.94. The maximum absolute atomic E-state index is 13.6. The summed E-state index contributed by atoms with van der Waals surface area (Å²) in [5, 5.41) is 7.86. The minimum atomic E-state index is -0.376. The first-order valence-corrected chi connectivity index (χ1v) is 8.88. The van der Waals surface area contributed by atoms with Crippen LogP contribution in [-0.4, -0.2) is 16.0 Å². The molecule has 1 aromatic heterocycles. The molecule has 1 N–H and O–H groups in total. The highest BCUT2D eigenvalue weighted by molar-refractivity contribution is 6.31. The van der Waals surface area contributed by atoms with E-state index in [0.717, 1.165) is 40.1 Å². The summed E-state index contributed by atoms with van der Waals surface area (Å²) in [6.45, 7) is 6.21. The first kappa shape index (κ1) is 16.5. The van der Waals surface area contributed by atoms with Crippen LogP contribution in [0.25, 0.3) is 0 Å². The monoisotopic (exact) mass is 358 g/mol. The number of Topliss-reactive ketones (excluding diaryl/α,β-unsaturated/α-hetero) is 1. The molecule has 5 heteroatoms. The van der Waals surface area contributed by atoms with Crippen LogP contribution in [0.15, 0.2) is 29.3 Å². The summed E-state index contributed by atoms with van der Waals surface area (Å²) in [6, 6.07) is 4.42. The average molecular weight is 359 g/mol. The number of nitrogens with zero attached hydrogens (tertiary/aromatic N) is 1. The minimum absolute atomic E-state index is 0.0457. The van der Waals surface area contributed by atoms with Crippen LogP contribution in [0.3, 0.4) is 0 Å². The Balaban J connectivity index is 1.96. The highest BCUT2D eigenvalue weighted by Gasteiger charge is 2.42. The molecule has 0 spiro atoms. The number of halogens is 2. The SMILES string of the molecule is Cc1[nH]nc2c1C(c1ccc(F)cc1Cl)C1=C(C2)CC(C)(C)CC1=O. The molecule has 1 atom stereocenters. The molecule has 0 amide bonds. The molecule has 2 aliphatic rings. The van der Waals surface area contributed by atoms with Gasteiger partial charge in [-0.15, -0.1) is 0 Å². The van der Waals surface area contributed by atoms with Crippen LogP contribution in [0, 0.1) is 18.2 Å². The Kier molecular flexibility index (Phi) is 3.66. The molecule has 2 aromatic rings. The summed E-state index contributed by atoms with van der Waals surface area (Å²) in [5.41, 5.74) is 5.62. The summed E-state index contributed by atoms with van der Waals surface area (Å²) in [6.07, 6.45) is 2.08. The van der Waals surface area contributed by atoms with Gasteiger partial charge < -0.3 is 0 Å². The van der Waals surface area contributed by atoms with E-state index in [1.54, 1.807) is 6.07 Å². The molecular weight excluding hydrogens is 339 g/mol. The van der Waals surface area contributed by atoms with Crippen molar-refractivity contribution in [2.75, 3.05) is 0 Å². The normalized spacial score (nSPS) is 22.0. The number of H-pyrrole nitrogens is 1. The zero-order chi connectivity index (χ0) is 17.9. The Morgan fingerprint density at radius 3 is 2.80 bits per heavy atom. The summed E-state index contributed by atoms with van der Waals surface area (Å²) < 4.78 is 13.6. The first-order chi connectivity index (χ1) is 11.8. The van der Waals surface area contributed by atoms with E-state index in [2.05, 4.69) is 24.0 Å². The predicted octanol–water partition coefficient (Wildman–Crippen LogP) is 4.88. The van der Waals surface area contributed by atoms with Crippen LogP contribution >= 0.6 is 11.6 Å². The van der Waals surface area contributed by atoms with E-state index in [1.165, 1.54) is 12.1 Å². The molecule has 1 unspecified atom stereocenters. The van der Waals surface area contributed by atoms with Crippen molar-refractivity contribution in [3.8, 4) is 0 Å². The second-order valence-electron chi connectivity index (χ2n) is 7.94. The quantitative estimate of drug-likeness (QED) is 0.789. The van der Waals surface area contributed by atoms with Crippen molar-refractivity contribution in [1.29, 1.82) is 0 Å². The fourth-order valence-electron chi connectivity index (χ4n) is 4.38. The zero-order valence-corrected chi connectivity index (χ0v) is 15.3. The largest absolute Gasteiger partial charge is 0.294 e. The maximum atomic E-state index is 13.6. The van der Waals surface area contributed by atoms with Gasteiger partial charge in [0, 0.05) is 40.6 Å². The van der Waals surface area contributed by atoms with Crippen molar-refractivity contribution in [2.24, 2.45) is 5.41 Å². The van der Waals surface area contributed by atoms with Gasteiger partial charge in [-0.05, 0) is 36.5 Å². The van der Waals surface area contributed by atoms with Crippen molar-refractivity contribution in [2.45, 2.75) is 46.0 Å². The molecule has 25 heavy (non-hydrogen) atoms. The highest BCUT2D eigenvalue weighted by Crippen LogP contribution is 2.50. The number of benzene rings is 1. The third kappa shape index (κ3) is 2.63. The number of rotatable bonds is 1. The van der Waals surface area contributed by atoms with Crippen LogP contribution in [0.1, 0.15) is 55.1 Å². The van der Waals surface area contributed by atoms with E-state index in [4.69, 9.17) is 11.6 Å². The number of fused-ring (bicyclic) bond motifs is 1. The topological polar surface area (TPSA) is 45.8 Å². The van der Waals surface area contributed by atoms with Crippen molar-refractivity contribution in [3.63, 3.8) is 0 Å². The van der Waals surface area contributed by atoms with E-state index in [1.807, 2.05) is 6.92 Å². The van der Waals surface area contributed by atoms with Crippen molar-refractivity contribution in [1.82, 2.24) is 10.2 Å². The predicted molar refractivity (Wildman–Crippen MR) is 95.3 cm³/mol. The van der Waals surface area contributed by atoms with Crippen LogP contribution in [0.4, 0.5) is 4.39 Å². The van der Waals surface area contributed by atoms with Crippen LogP contribution in [0.5, 0.6) is 0 Å². The molecule has 1 aromatic carbocycles. The summed E-state index contributed by atoms with van der Waals surface area (Å²) in [7, 11) is 0. The molecule has 0 fully saturated rings. The molecule has 0 saturated heterocycles. The van der Waals surface area contributed by atoms with E-state index in [-0.39, 0.29) is 22.9 Å². The van der Waals surface area contributed by atoms with Gasteiger partial charge in [0.15, 0.2) is 5.78 Å². The Bertz CT molecular complexity index is 926. The van der Waals surface area contributed by atoms with Gasteiger partial charge in [-0.2, -0.15) is 5.10 Å². The van der Waals surface area contributed by atoms with Gasteiger partial charge >= 0.3 is 0 Å². The summed E-state index contributed by atoms with van der Waals surface area (Å²) in [4.78, 5) is 13.0. The van der Waals surface area contributed by atoms with E-state index < -0.39 is 0 Å². The maximum Gasteiger partial charge on any atom is 0.160 e. The number of carbonyl (C=O) groups excluding carboxylic acids is 1. The fraction of sp³-hybridized carbons (Fsp3) is 0.400. The number of allylic oxidation sites excluding steroid dienone is 2. The van der Waals surface area contributed by atoms with Gasteiger partial charge in [0.05, 0.1) is 5.69 Å². The van der Waals surface area contributed by atoms with Crippen molar-refractivity contribution < 1.29 is 9.18 Å². The average Bonchev–Trinajstić information content (AvgIpc) is 2.85. The molecule has 1 heterocycles. The van der Waals surface area contributed by atoms with Gasteiger partial charge in [0.1, 0.15) is 5.82 Å². The van der Waals surface area contributed by atoms with Crippen molar-refractivity contribution >= 4 is 17.4 Å². The lowest BCUT2D eigenvalue weighted by Crippen LogP contribution is -2.32. The lowest BCUT2D eigenvalue weighted by Gasteiger charge is -2.38. The first-order valence-electron chi connectivity index (χ1n) is 8.50. The number of aromatic amines is 1. The molecule has 3 nitrogen and oxygen atoms in total. The van der Waals surface area contributed by atoms with Crippen molar-refractivity contribution in [3.05, 3.63) is 62.7 Å². The third-order valence-corrected chi connectivity index (χ3v) is 5.64. The van der Waals surface area contributed by atoms with E-state index in [9.17, 15) is 9.18 Å². The van der Waals surface area contributed by atoms with Crippen LogP contribution < -0.4 is 0 Å². The minimum Gasteiger partial charge on any atom is -0.294 e. The molecule has 4 rings (SSSR count). The number of hydrogen-bond acceptors (Lipinski definition) is 2. The molecular formula is C20H20ClFN2O. The lowest BCUT2D eigenvalue weighted by atomic mass is 9.65. The second-order valence-corrected chi connectivity index (χ2v) is 8.35. The smallest absolute Gasteiger partial charge is 0.160 e. The molecule has 0 bridgehead atoms. The molecule has 130 valence electrons. The number of hydrogen-bond donors (Lipinski definition) is 1. The van der Waals surface area contributed by atoms with Gasteiger partial charge in [0.25, 0.3) is 0 Å². The van der Waals surface area contributed by atoms with Gasteiger partial charge in [-0.1, -0.05) is 37.1 Å². The van der Waals surface area contributed by atoms with E-state index in [0.29, 0.717) is 17.9 Å². The number of ketones is 1. The fourth-order valence-corrected chi connectivity index (χ4v) is 4.66. The Morgan fingerprint density at radius 2 is 2.08 bits per heavy atom. The number of nitrogens with one attached hydrogen (secondary N) is 1. The zero-order valence-electron chi connectivity index (χ0n) is 14.5. The molecule has 0 aliphatic heterocycles. The Morgan fingerprint density at radius 1 is 1.32 bits per heavy atom. The standard InChI is InChI=1S/C20H20ClFN2O/c1-10-17-15(24-23-10)6-11-8-20(2,3)9-16(25)18(11)19(17)13-5-4-12(22)7-14(13)21/h4-5,7,19H,6,8-9H2,1-3H3,(H,23,24). The molecule has 0 saturated carbocycles. The van der Waals surface area contributed by atoms with E-state index >= 15 is 0 Å². The molecule has 0 radical (unpaired) electrons. The Labute approximate surface area is 151 Å². The number of aromatic nitrogens is 2. The second kappa shape index (κ2) is 5.53. The number of aryl methyl sites for hydroxylation is 1. The molecule has 2 aliphatic carbocycles. The van der Waals surface area contributed by atoms with Crippen LogP contribution in [0.2, 0.25) is 5.02 Å². The third-order valence-electron chi connectivity index (χ3n) is 5.32. The van der Waals surface area contributed by atoms with Crippen LogP contribution in [-0.2, 0) is 11.2 Å². The lowest BCUT2D eigenvalue weighted by molar-refractivity contribution is -0.118. The number of carbonyl (C=O) groups is 1. The summed E-state index contributed by atoms with van der Waals surface area (Å²) >= 11 is 6.38. The summed E-state index contributed by atoms with van der Waals surface area (Å²) in [5.74, 6) is -0.476. The van der Waals surface area contributed by atoms with Gasteiger partial charge in [0.2, 0.25) is 0 Å².